The SMILES string of the molecule is CC(C)CCOc1ccc(C=C2C(=O)Nc3cc(Cl)ccc32)cc1. The molecule has 0 unspecified atom stereocenters. The van der Waals surface area contributed by atoms with Gasteiger partial charge in [0.2, 0.25) is 0 Å². The first-order chi connectivity index (χ1) is 11.5. The minimum Gasteiger partial charge on any atom is -0.494 e. The van der Waals surface area contributed by atoms with Gasteiger partial charge in [-0.15, -0.1) is 0 Å². The molecule has 1 aliphatic rings. The van der Waals surface area contributed by atoms with Crippen LogP contribution in [0.25, 0.3) is 11.6 Å². The van der Waals surface area contributed by atoms with Crippen molar-refractivity contribution < 1.29 is 9.53 Å². The second-order valence-electron chi connectivity index (χ2n) is 6.30. The third-order valence-corrected chi connectivity index (χ3v) is 4.15. The zero-order valence-electron chi connectivity index (χ0n) is 13.8. The van der Waals surface area contributed by atoms with E-state index in [-0.39, 0.29) is 5.91 Å². The maximum atomic E-state index is 12.2. The number of carbonyl (C=O) groups is 1. The Kier molecular flexibility index (Phi) is 4.91. The first-order valence-electron chi connectivity index (χ1n) is 8.09. The van der Waals surface area contributed by atoms with E-state index in [0.29, 0.717) is 23.1 Å². The van der Waals surface area contributed by atoms with Gasteiger partial charge in [0.25, 0.3) is 5.91 Å². The summed E-state index contributed by atoms with van der Waals surface area (Å²) in [4.78, 5) is 12.2. The monoisotopic (exact) mass is 341 g/mol. The normalized spacial score (nSPS) is 14.8. The van der Waals surface area contributed by atoms with Gasteiger partial charge in [0.1, 0.15) is 5.75 Å². The van der Waals surface area contributed by atoms with Crippen LogP contribution in [0.15, 0.2) is 42.5 Å². The largest absolute Gasteiger partial charge is 0.494 e. The van der Waals surface area contributed by atoms with E-state index in [1.165, 1.54) is 0 Å². The van der Waals surface area contributed by atoms with E-state index >= 15 is 0 Å². The van der Waals surface area contributed by atoms with Crippen molar-refractivity contribution in [2.45, 2.75) is 20.3 Å². The second-order valence-corrected chi connectivity index (χ2v) is 6.74. The average molecular weight is 342 g/mol. The molecule has 1 N–H and O–H groups in total. The first-order valence-corrected chi connectivity index (χ1v) is 8.46. The van der Waals surface area contributed by atoms with Crippen LogP contribution in [0, 0.1) is 5.92 Å². The number of hydrogen-bond donors (Lipinski definition) is 1. The maximum Gasteiger partial charge on any atom is 0.256 e. The van der Waals surface area contributed by atoms with Gasteiger partial charge in [-0.25, -0.2) is 0 Å². The van der Waals surface area contributed by atoms with Crippen LogP contribution in [0.1, 0.15) is 31.4 Å². The van der Waals surface area contributed by atoms with Gasteiger partial charge in [0, 0.05) is 16.2 Å². The molecule has 0 atom stereocenters. The highest BCUT2D eigenvalue weighted by atomic mass is 35.5. The Morgan fingerprint density at radius 3 is 2.62 bits per heavy atom. The number of anilines is 1. The Balaban J connectivity index is 1.76. The number of fused-ring (bicyclic) bond motifs is 1. The van der Waals surface area contributed by atoms with Gasteiger partial charge >= 0.3 is 0 Å². The fraction of sp³-hybridized carbons (Fsp3) is 0.250. The molecule has 0 saturated heterocycles. The molecular formula is C20H20ClNO2. The highest BCUT2D eigenvalue weighted by Gasteiger charge is 2.23. The van der Waals surface area contributed by atoms with Crippen molar-refractivity contribution in [2.75, 3.05) is 11.9 Å². The van der Waals surface area contributed by atoms with Crippen molar-refractivity contribution in [3.63, 3.8) is 0 Å². The molecule has 0 aromatic heterocycles. The number of halogens is 1. The number of hydrogen-bond acceptors (Lipinski definition) is 2. The highest BCUT2D eigenvalue weighted by molar-refractivity contribution is 6.36. The molecule has 0 fully saturated rings. The lowest BCUT2D eigenvalue weighted by Crippen LogP contribution is -2.03. The van der Waals surface area contributed by atoms with Gasteiger partial charge in [-0.3, -0.25) is 4.79 Å². The highest BCUT2D eigenvalue weighted by Crippen LogP contribution is 2.35. The summed E-state index contributed by atoms with van der Waals surface area (Å²) in [7, 11) is 0. The lowest BCUT2D eigenvalue weighted by atomic mass is 10.0. The van der Waals surface area contributed by atoms with Crippen LogP contribution in [0.5, 0.6) is 5.75 Å². The molecule has 0 aliphatic carbocycles. The Bertz CT molecular complexity index is 779. The molecule has 124 valence electrons. The van der Waals surface area contributed by atoms with Crippen molar-refractivity contribution in [2.24, 2.45) is 5.92 Å². The first kappa shape index (κ1) is 16.6. The minimum atomic E-state index is -0.107. The van der Waals surface area contributed by atoms with Crippen LogP contribution in [-0.4, -0.2) is 12.5 Å². The Labute approximate surface area is 147 Å². The fourth-order valence-corrected chi connectivity index (χ4v) is 2.72. The smallest absolute Gasteiger partial charge is 0.256 e. The van der Waals surface area contributed by atoms with Crippen LogP contribution >= 0.6 is 11.6 Å². The summed E-state index contributed by atoms with van der Waals surface area (Å²) < 4.78 is 5.72. The van der Waals surface area contributed by atoms with Crippen molar-refractivity contribution in [3.05, 3.63) is 58.6 Å². The quantitative estimate of drug-likeness (QED) is 0.753. The lowest BCUT2D eigenvalue weighted by Gasteiger charge is -2.08. The van der Waals surface area contributed by atoms with Crippen LogP contribution in [-0.2, 0) is 4.79 Å². The van der Waals surface area contributed by atoms with Gasteiger partial charge in [-0.2, -0.15) is 0 Å². The molecule has 0 saturated carbocycles. The van der Waals surface area contributed by atoms with Crippen molar-refractivity contribution in [1.82, 2.24) is 0 Å². The van der Waals surface area contributed by atoms with Gasteiger partial charge in [-0.1, -0.05) is 43.6 Å². The van der Waals surface area contributed by atoms with E-state index in [4.69, 9.17) is 16.3 Å². The molecule has 0 bridgehead atoms. The van der Waals surface area contributed by atoms with Crippen LogP contribution in [0.3, 0.4) is 0 Å². The van der Waals surface area contributed by atoms with E-state index in [1.54, 1.807) is 12.1 Å². The summed E-state index contributed by atoms with van der Waals surface area (Å²) in [5, 5.41) is 3.45. The molecule has 3 nitrogen and oxygen atoms in total. The zero-order valence-corrected chi connectivity index (χ0v) is 14.6. The van der Waals surface area contributed by atoms with Gasteiger partial charge in [0.05, 0.1) is 12.3 Å². The van der Waals surface area contributed by atoms with Crippen LogP contribution < -0.4 is 10.1 Å². The third-order valence-electron chi connectivity index (χ3n) is 3.92. The van der Waals surface area contributed by atoms with Crippen molar-refractivity contribution >= 4 is 34.8 Å². The summed E-state index contributed by atoms with van der Waals surface area (Å²) in [6.07, 6.45) is 2.91. The molecule has 2 aromatic rings. The number of carbonyl (C=O) groups excluding carboxylic acids is 1. The summed E-state index contributed by atoms with van der Waals surface area (Å²) in [5.41, 5.74) is 3.24. The van der Waals surface area contributed by atoms with Gasteiger partial charge in [-0.05, 0) is 48.2 Å². The molecule has 0 radical (unpaired) electrons. The van der Waals surface area contributed by atoms with E-state index in [0.717, 1.165) is 29.0 Å². The van der Waals surface area contributed by atoms with Crippen molar-refractivity contribution in [1.29, 1.82) is 0 Å². The number of amides is 1. The fourth-order valence-electron chi connectivity index (χ4n) is 2.55. The topological polar surface area (TPSA) is 38.3 Å². The Morgan fingerprint density at radius 1 is 1.17 bits per heavy atom. The average Bonchev–Trinajstić information content (AvgIpc) is 2.83. The van der Waals surface area contributed by atoms with Crippen molar-refractivity contribution in [3.8, 4) is 5.75 Å². The lowest BCUT2D eigenvalue weighted by molar-refractivity contribution is -0.110. The molecule has 0 spiro atoms. The van der Waals surface area contributed by atoms with E-state index in [1.807, 2.05) is 36.4 Å². The molecule has 24 heavy (non-hydrogen) atoms. The molecule has 1 heterocycles. The predicted octanol–water partition coefficient (Wildman–Crippen LogP) is 5.26. The standard InChI is InChI=1S/C20H20ClNO2/c1-13(2)9-10-24-16-6-3-14(4-7-16)11-18-17-8-5-15(21)12-19(17)22-20(18)23/h3-8,11-13H,9-10H2,1-2H3,(H,22,23). The third kappa shape index (κ3) is 3.80. The maximum absolute atomic E-state index is 12.2. The van der Waals surface area contributed by atoms with E-state index < -0.39 is 0 Å². The minimum absolute atomic E-state index is 0.107. The summed E-state index contributed by atoms with van der Waals surface area (Å²) in [5.74, 6) is 1.37. The summed E-state index contributed by atoms with van der Waals surface area (Å²) >= 11 is 5.97. The Morgan fingerprint density at radius 2 is 1.92 bits per heavy atom. The predicted molar refractivity (Wildman–Crippen MR) is 99.3 cm³/mol. The molecule has 4 heteroatoms. The summed E-state index contributed by atoms with van der Waals surface area (Å²) in [6, 6.07) is 13.2. The van der Waals surface area contributed by atoms with Crippen LogP contribution in [0.2, 0.25) is 5.02 Å². The molecular weight excluding hydrogens is 322 g/mol. The van der Waals surface area contributed by atoms with E-state index in [2.05, 4.69) is 19.2 Å². The van der Waals surface area contributed by atoms with Gasteiger partial charge < -0.3 is 10.1 Å². The number of ether oxygens (including phenoxy) is 1. The molecule has 3 rings (SSSR count). The molecule has 1 amide bonds. The number of benzene rings is 2. The molecule has 2 aromatic carbocycles. The Hall–Kier alpha value is -2.26. The number of rotatable bonds is 5. The zero-order chi connectivity index (χ0) is 17.1. The number of nitrogens with one attached hydrogen (secondary N) is 1. The summed E-state index contributed by atoms with van der Waals surface area (Å²) in [6.45, 7) is 5.07. The van der Waals surface area contributed by atoms with Gasteiger partial charge in [0.15, 0.2) is 0 Å². The molecule has 1 aliphatic heterocycles. The second kappa shape index (κ2) is 7.10. The van der Waals surface area contributed by atoms with Crippen LogP contribution in [0.4, 0.5) is 5.69 Å². The van der Waals surface area contributed by atoms with E-state index in [9.17, 15) is 4.79 Å².